The number of benzene rings is 2. The number of hydrogen-bond donors (Lipinski definition) is 0. The number of anilines is 1. The Balaban J connectivity index is 1.05. The van der Waals surface area contributed by atoms with Crippen molar-refractivity contribution in [3.8, 4) is 5.75 Å². The predicted octanol–water partition coefficient (Wildman–Crippen LogP) is 5.35. The van der Waals surface area contributed by atoms with Crippen LogP contribution in [0.2, 0.25) is 0 Å². The Kier molecular flexibility index (Phi) is 7.74. The molecule has 1 amide bonds. The molecule has 0 bridgehead atoms. The molecule has 1 spiro atoms. The summed E-state index contributed by atoms with van der Waals surface area (Å²) in [5.41, 5.74) is 2.44. The highest BCUT2D eigenvalue weighted by atomic mass is 16.5. The van der Waals surface area contributed by atoms with Crippen LogP contribution in [0.25, 0.3) is 0 Å². The lowest BCUT2D eigenvalue weighted by Gasteiger charge is -2.24. The zero-order valence-electron chi connectivity index (χ0n) is 21.3. The number of hydrogen-bond acceptors (Lipinski definition) is 4. The van der Waals surface area contributed by atoms with Crippen molar-refractivity contribution in [1.29, 1.82) is 0 Å². The third-order valence-electron chi connectivity index (χ3n) is 8.28. The molecule has 2 aromatic rings. The summed E-state index contributed by atoms with van der Waals surface area (Å²) in [6.45, 7) is 9.48. The predicted molar refractivity (Wildman–Crippen MR) is 142 cm³/mol. The van der Waals surface area contributed by atoms with Crippen LogP contribution in [0.5, 0.6) is 5.75 Å². The summed E-state index contributed by atoms with van der Waals surface area (Å²) >= 11 is 0. The Morgan fingerprint density at radius 2 is 1.80 bits per heavy atom. The standard InChI is InChI=1S/C30H41N3O2/c1-25-9-8-18-32(25)17-6-3-7-20-35-28-14-12-27(13-15-28)33-24-30(21-29(33)34)16-19-31(23-30)22-26-10-4-2-5-11-26/h2,4-5,10-15,25H,3,6-9,16-24H2,1H3. The average molecular weight is 476 g/mol. The molecule has 0 aliphatic carbocycles. The fourth-order valence-corrected chi connectivity index (χ4v) is 6.24. The van der Waals surface area contributed by atoms with Crippen molar-refractivity contribution in [3.63, 3.8) is 0 Å². The maximum Gasteiger partial charge on any atom is 0.227 e. The molecule has 188 valence electrons. The summed E-state index contributed by atoms with van der Waals surface area (Å²) in [6, 6.07) is 19.6. The van der Waals surface area contributed by atoms with Crippen LogP contribution in [0.3, 0.4) is 0 Å². The van der Waals surface area contributed by atoms with E-state index in [1.807, 2.05) is 17.0 Å². The first-order valence-electron chi connectivity index (χ1n) is 13.6. The van der Waals surface area contributed by atoms with Crippen molar-refractivity contribution in [2.45, 2.75) is 64.5 Å². The van der Waals surface area contributed by atoms with Crippen LogP contribution in [-0.4, -0.2) is 61.1 Å². The summed E-state index contributed by atoms with van der Waals surface area (Å²) in [4.78, 5) is 20.1. The van der Waals surface area contributed by atoms with E-state index < -0.39 is 0 Å². The number of carbonyl (C=O) groups is 1. The fraction of sp³-hybridized carbons (Fsp3) is 0.567. The monoisotopic (exact) mass is 475 g/mol. The highest BCUT2D eigenvalue weighted by molar-refractivity contribution is 5.96. The third kappa shape index (κ3) is 6.07. The van der Waals surface area contributed by atoms with Crippen LogP contribution in [0.1, 0.15) is 57.4 Å². The largest absolute Gasteiger partial charge is 0.494 e. The lowest BCUT2D eigenvalue weighted by atomic mass is 9.86. The number of rotatable bonds is 10. The van der Waals surface area contributed by atoms with Crippen molar-refractivity contribution in [2.24, 2.45) is 5.41 Å². The van der Waals surface area contributed by atoms with Crippen molar-refractivity contribution in [2.75, 3.05) is 44.2 Å². The summed E-state index contributed by atoms with van der Waals surface area (Å²) in [6.07, 6.45) is 8.04. The van der Waals surface area contributed by atoms with Crippen LogP contribution in [-0.2, 0) is 11.3 Å². The quantitative estimate of drug-likeness (QED) is 0.434. The van der Waals surface area contributed by atoms with E-state index in [-0.39, 0.29) is 11.3 Å². The lowest BCUT2D eigenvalue weighted by molar-refractivity contribution is -0.117. The van der Waals surface area contributed by atoms with Crippen LogP contribution in [0.4, 0.5) is 5.69 Å². The Labute approximate surface area is 211 Å². The molecule has 5 heteroatoms. The molecule has 2 aromatic carbocycles. The number of ether oxygens (including phenoxy) is 1. The topological polar surface area (TPSA) is 36.0 Å². The second kappa shape index (κ2) is 11.1. The van der Waals surface area contributed by atoms with Crippen LogP contribution in [0, 0.1) is 5.41 Å². The second-order valence-electron chi connectivity index (χ2n) is 11.0. The van der Waals surface area contributed by atoms with Gasteiger partial charge >= 0.3 is 0 Å². The molecule has 35 heavy (non-hydrogen) atoms. The minimum atomic E-state index is 0.0912. The number of nitrogens with zero attached hydrogens (tertiary/aromatic N) is 3. The van der Waals surface area contributed by atoms with Gasteiger partial charge in [0.15, 0.2) is 0 Å². The number of likely N-dealkylation sites (tertiary alicyclic amines) is 2. The van der Waals surface area contributed by atoms with E-state index in [0.29, 0.717) is 6.42 Å². The van der Waals surface area contributed by atoms with Gasteiger partial charge in [-0.2, -0.15) is 0 Å². The van der Waals surface area contributed by atoms with Gasteiger partial charge in [0.2, 0.25) is 5.91 Å². The van der Waals surface area contributed by atoms with E-state index in [2.05, 4.69) is 59.2 Å². The smallest absolute Gasteiger partial charge is 0.227 e. The first-order chi connectivity index (χ1) is 17.1. The van der Waals surface area contributed by atoms with E-state index in [1.165, 1.54) is 44.3 Å². The second-order valence-corrected chi connectivity index (χ2v) is 11.0. The summed E-state index contributed by atoms with van der Waals surface area (Å²) in [5.74, 6) is 1.16. The highest BCUT2D eigenvalue weighted by Gasteiger charge is 2.47. The minimum Gasteiger partial charge on any atom is -0.494 e. The zero-order chi connectivity index (χ0) is 24.1. The SMILES string of the molecule is CC1CCCN1CCCCCOc1ccc(N2CC3(CCN(Cc4ccccc4)C3)CC2=O)cc1. The van der Waals surface area contributed by atoms with Crippen LogP contribution < -0.4 is 9.64 Å². The Bertz CT molecular complexity index is 963. The molecule has 0 aromatic heterocycles. The Hall–Kier alpha value is -2.37. The van der Waals surface area contributed by atoms with Crippen molar-refractivity contribution in [1.82, 2.24) is 9.80 Å². The molecule has 5 nitrogen and oxygen atoms in total. The van der Waals surface area contributed by atoms with Gasteiger partial charge in [0.05, 0.1) is 6.61 Å². The van der Waals surface area contributed by atoms with Gasteiger partial charge in [0.25, 0.3) is 0 Å². The molecule has 3 aliphatic heterocycles. The minimum absolute atomic E-state index is 0.0912. The molecule has 2 unspecified atom stereocenters. The normalized spacial score (nSPS) is 25.2. The molecule has 3 aliphatic rings. The van der Waals surface area contributed by atoms with E-state index in [9.17, 15) is 4.79 Å². The number of unbranched alkanes of at least 4 members (excludes halogenated alkanes) is 2. The molecule has 3 saturated heterocycles. The van der Waals surface area contributed by atoms with Crippen molar-refractivity contribution in [3.05, 3.63) is 60.2 Å². The summed E-state index contributed by atoms with van der Waals surface area (Å²) < 4.78 is 5.98. The zero-order valence-corrected chi connectivity index (χ0v) is 21.3. The van der Waals surface area contributed by atoms with Gasteiger partial charge in [-0.25, -0.2) is 0 Å². The molecule has 3 heterocycles. The van der Waals surface area contributed by atoms with E-state index in [0.717, 1.165) is 63.1 Å². The lowest BCUT2D eigenvalue weighted by Crippen LogP contribution is -2.31. The van der Waals surface area contributed by atoms with Gasteiger partial charge in [-0.15, -0.1) is 0 Å². The fourth-order valence-electron chi connectivity index (χ4n) is 6.24. The average Bonchev–Trinajstić information content (AvgIpc) is 3.55. The first kappa shape index (κ1) is 24.3. The maximum atomic E-state index is 12.9. The van der Waals surface area contributed by atoms with Crippen LogP contribution in [0.15, 0.2) is 54.6 Å². The van der Waals surface area contributed by atoms with Gasteiger partial charge in [-0.3, -0.25) is 9.69 Å². The molecular formula is C30H41N3O2. The Morgan fingerprint density at radius 1 is 0.971 bits per heavy atom. The van der Waals surface area contributed by atoms with E-state index >= 15 is 0 Å². The summed E-state index contributed by atoms with van der Waals surface area (Å²) in [5, 5.41) is 0. The molecule has 5 rings (SSSR count). The van der Waals surface area contributed by atoms with E-state index in [1.54, 1.807) is 0 Å². The maximum absolute atomic E-state index is 12.9. The van der Waals surface area contributed by atoms with Gasteiger partial charge in [-0.05, 0) is 94.9 Å². The third-order valence-corrected chi connectivity index (χ3v) is 8.28. The van der Waals surface area contributed by atoms with Gasteiger partial charge in [-0.1, -0.05) is 30.3 Å². The highest BCUT2D eigenvalue weighted by Crippen LogP contribution is 2.42. The summed E-state index contributed by atoms with van der Waals surface area (Å²) in [7, 11) is 0. The van der Waals surface area contributed by atoms with Gasteiger partial charge < -0.3 is 14.5 Å². The molecule has 3 fully saturated rings. The molecular weight excluding hydrogens is 434 g/mol. The van der Waals surface area contributed by atoms with Gasteiger partial charge in [0.1, 0.15) is 5.75 Å². The Morgan fingerprint density at radius 3 is 2.57 bits per heavy atom. The van der Waals surface area contributed by atoms with Crippen molar-refractivity contribution < 1.29 is 9.53 Å². The molecule has 0 N–H and O–H groups in total. The number of amides is 1. The molecule has 0 saturated carbocycles. The van der Waals surface area contributed by atoms with Crippen molar-refractivity contribution >= 4 is 11.6 Å². The first-order valence-corrected chi connectivity index (χ1v) is 13.6. The number of carbonyl (C=O) groups excluding carboxylic acids is 1. The van der Waals surface area contributed by atoms with Crippen LogP contribution >= 0.6 is 0 Å². The molecule has 2 atom stereocenters. The molecule has 0 radical (unpaired) electrons. The van der Waals surface area contributed by atoms with E-state index in [4.69, 9.17) is 4.74 Å². The van der Waals surface area contributed by atoms with Gasteiger partial charge in [0, 0.05) is 43.2 Å².